The van der Waals surface area contributed by atoms with Crippen LogP contribution in [0.3, 0.4) is 0 Å². The van der Waals surface area contributed by atoms with Crippen LogP contribution in [0, 0.1) is 10.1 Å². The number of thioether (sulfide) groups is 1. The molecule has 4 nitrogen and oxygen atoms in total. The Labute approximate surface area is 106 Å². The lowest BCUT2D eigenvalue weighted by atomic mass is 10.1. The van der Waals surface area contributed by atoms with Gasteiger partial charge in [-0.1, -0.05) is 28.1 Å². The zero-order valence-corrected chi connectivity index (χ0v) is 11.2. The van der Waals surface area contributed by atoms with Crippen LogP contribution in [0.1, 0.15) is 17.3 Å². The van der Waals surface area contributed by atoms with E-state index in [1.54, 1.807) is 24.5 Å². The Morgan fingerprint density at radius 1 is 1.56 bits per heavy atom. The molecule has 0 N–H and O–H groups in total. The van der Waals surface area contributed by atoms with E-state index in [1.807, 2.05) is 0 Å². The van der Waals surface area contributed by atoms with Crippen LogP contribution >= 0.6 is 27.7 Å². The van der Waals surface area contributed by atoms with E-state index in [2.05, 4.69) is 15.9 Å². The maximum absolute atomic E-state index is 11.2. The number of carbonyl (C=O) groups is 1. The van der Waals surface area contributed by atoms with E-state index < -0.39 is 9.75 Å². The van der Waals surface area contributed by atoms with Crippen molar-refractivity contribution in [3.63, 3.8) is 0 Å². The number of hydrogen-bond acceptors (Lipinski definition) is 4. The molecule has 0 fully saturated rings. The van der Waals surface area contributed by atoms with Gasteiger partial charge >= 0.3 is 0 Å². The van der Waals surface area contributed by atoms with Crippen molar-refractivity contribution in [3.05, 3.63) is 33.9 Å². The number of nitro benzene ring substituents is 1. The standard InChI is InChI=1S/C10H10BrNO3S/c1-6(13)9(11)7-4-3-5-8(16-2)10(7)12(14)15/h3-5,9H,1-2H3. The molecule has 0 saturated carbocycles. The average molecular weight is 304 g/mol. The zero-order chi connectivity index (χ0) is 12.3. The van der Waals surface area contributed by atoms with Gasteiger partial charge in [-0.15, -0.1) is 11.8 Å². The molecule has 0 spiro atoms. The third kappa shape index (κ3) is 2.62. The quantitative estimate of drug-likeness (QED) is 0.370. The van der Waals surface area contributed by atoms with E-state index in [4.69, 9.17) is 0 Å². The Morgan fingerprint density at radius 2 is 2.19 bits per heavy atom. The summed E-state index contributed by atoms with van der Waals surface area (Å²) in [6.45, 7) is 1.40. The number of para-hydroxylation sites is 1. The predicted octanol–water partition coefficient (Wildman–Crippen LogP) is 3.34. The molecule has 0 bridgehead atoms. The number of alkyl halides is 1. The lowest BCUT2D eigenvalue weighted by Gasteiger charge is -2.09. The van der Waals surface area contributed by atoms with Crippen LogP contribution < -0.4 is 0 Å². The van der Waals surface area contributed by atoms with Crippen molar-refractivity contribution in [2.75, 3.05) is 6.26 Å². The predicted molar refractivity (Wildman–Crippen MR) is 67.2 cm³/mol. The Morgan fingerprint density at radius 3 is 2.62 bits per heavy atom. The lowest BCUT2D eigenvalue weighted by molar-refractivity contribution is -0.388. The minimum Gasteiger partial charge on any atom is -0.298 e. The number of ketones is 1. The van der Waals surface area contributed by atoms with Crippen LogP contribution in [0.25, 0.3) is 0 Å². The summed E-state index contributed by atoms with van der Waals surface area (Å²) in [6.07, 6.45) is 1.77. The topological polar surface area (TPSA) is 60.2 Å². The van der Waals surface area contributed by atoms with E-state index >= 15 is 0 Å². The van der Waals surface area contributed by atoms with Gasteiger partial charge in [0.25, 0.3) is 5.69 Å². The van der Waals surface area contributed by atoms with Crippen LogP contribution in [0.5, 0.6) is 0 Å². The fourth-order valence-electron chi connectivity index (χ4n) is 1.32. The molecule has 0 heterocycles. The molecular weight excluding hydrogens is 294 g/mol. The lowest BCUT2D eigenvalue weighted by Crippen LogP contribution is -2.05. The van der Waals surface area contributed by atoms with Crippen LogP contribution in [0.2, 0.25) is 0 Å². The van der Waals surface area contributed by atoms with Gasteiger partial charge in [-0.25, -0.2) is 0 Å². The highest BCUT2D eigenvalue weighted by atomic mass is 79.9. The molecule has 0 aliphatic carbocycles. The van der Waals surface area contributed by atoms with Crippen LogP contribution in [-0.4, -0.2) is 17.0 Å². The van der Waals surface area contributed by atoms with E-state index in [9.17, 15) is 14.9 Å². The van der Waals surface area contributed by atoms with Crippen LogP contribution in [0.15, 0.2) is 23.1 Å². The van der Waals surface area contributed by atoms with Crippen molar-refractivity contribution in [3.8, 4) is 0 Å². The summed E-state index contributed by atoms with van der Waals surface area (Å²) in [5.41, 5.74) is 0.413. The average Bonchev–Trinajstić information content (AvgIpc) is 2.26. The van der Waals surface area contributed by atoms with Gasteiger partial charge in [0.1, 0.15) is 10.6 Å². The molecule has 0 radical (unpaired) electrons. The number of nitro groups is 1. The molecule has 16 heavy (non-hydrogen) atoms. The smallest absolute Gasteiger partial charge is 0.287 e. The van der Waals surface area contributed by atoms with Crippen molar-refractivity contribution in [2.24, 2.45) is 0 Å². The number of benzene rings is 1. The fourth-order valence-corrected chi connectivity index (χ4v) is 2.29. The molecular formula is C10H10BrNO3S. The Bertz CT molecular complexity index is 436. The second-order valence-corrected chi connectivity index (χ2v) is 4.89. The van der Waals surface area contributed by atoms with Gasteiger partial charge in [-0.2, -0.15) is 0 Å². The molecule has 0 aliphatic heterocycles. The SMILES string of the molecule is CSc1cccc(C(Br)C(C)=O)c1[N+](=O)[O-]. The van der Waals surface area contributed by atoms with Crippen LogP contribution in [-0.2, 0) is 4.79 Å². The van der Waals surface area contributed by atoms with Gasteiger partial charge in [0.05, 0.1) is 15.4 Å². The molecule has 1 aromatic rings. The first-order valence-corrected chi connectivity index (χ1v) is 6.59. The minimum atomic E-state index is -0.625. The van der Waals surface area contributed by atoms with Gasteiger partial charge in [-0.05, 0) is 19.2 Å². The van der Waals surface area contributed by atoms with Crippen molar-refractivity contribution in [1.82, 2.24) is 0 Å². The third-order valence-electron chi connectivity index (χ3n) is 2.06. The first kappa shape index (κ1) is 13.2. The maximum Gasteiger partial charge on any atom is 0.287 e. The monoisotopic (exact) mass is 303 g/mol. The third-order valence-corrected chi connectivity index (χ3v) is 3.97. The summed E-state index contributed by atoms with van der Waals surface area (Å²) in [4.78, 5) is 21.7. The molecule has 1 aromatic carbocycles. The first-order valence-electron chi connectivity index (χ1n) is 4.44. The molecule has 0 aliphatic rings. The summed E-state index contributed by atoms with van der Waals surface area (Å²) in [7, 11) is 0. The van der Waals surface area contributed by atoms with E-state index in [0.29, 0.717) is 10.5 Å². The van der Waals surface area contributed by atoms with Crippen LogP contribution in [0.4, 0.5) is 5.69 Å². The van der Waals surface area contributed by atoms with E-state index in [-0.39, 0.29) is 11.5 Å². The van der Waals surface area contributed by atoms with Crippen molar-refractivity contribution >= 4 is 39.2 Å². The summed E-state index contributed by atoms with van der Waals surface area (Å²) < 4.78 is 0. The summed E-state index contributed by atoms with van der Waals surface area (Å²) >= 11 is 4.46. The van der Waals surface area contributed by atoms with Crippen molar-refractivity contribution < 1.29 is 9.72 Å². The second-order valence-electron chi connectivity index (χ2n) is 3.13. The normalized spacial score (nSPS) is 12.2. The number of hydrogen-bond donors (Lipinski definition) is 0. The first-order chi connectivity index (χ1) is 7.49. The van der Waals surface area contributed by atoms with Gasteiger partial charge in [-0.3, -0.25) is 14.9 Å². The summed E-state index contributed by atoms with van der Waals surface area (Å²) in [5, 5.41) is 11.0. The number of Topliss-reactive ketones (excluding diaryl/α,β-unsaturated/α-hetero) is 1. The van der Waals surface area contributed by atoms with Crippen molar-refractivity contribution in [2.45, 2.75) is 16.6 Å². The van der Waals surface area contributed by atoms with Gasteiger partial charge in [0, 0.05) is 0 Å². The maximum atomic E-state index is 11.2. The number of nitrogens with zero attached hydrogens (tertiary/aromatic N) is 1. The second kappa shape index (κ2) is 5.45. The summed E-state index contributed by atoms with van der Waals surface area (Å²) in [5.74, 6) is -0.152. The molecule has 1 rings (SSSR count). The molecule has 1 unspecified atom stereocenters. The summed E-state index contributed by atoms with van der Waals surface area (Å²) in [6, 6.07) is 4.98. The number of halogens is 1. The van der Waals surface area contributed by atoms with E-state index in [1.165, 1.54) is 18.7 Å². The molecule has 0 amide bonds. The van der Waals surface area contributed by atoms with E-state index in [0.717, 1.165) is 0 Å². The van der Waals surface area contributed by atoms with Gasteiger partial charge < -0.3 is 0 Å². The number of carbonyl (C=O) groups excluding carboxylic acids is 1. The Hall–Kier alpha value is -0.880. The highest BCUT2D eigenvalue weighted by Gasteiger charge is 2.26. The molecule has 6 heteroatoms. The molecule has 86 valence electrons. The molecule has 0 aromatic heterocycles. The minimum absolute atomic E-state index is 0.00655. The zero-order valence-electron chi connectivity index (χ0n) is 8.77. The largest absolute Gasteiger partial charge is 0.298 e. The Kier molecular flexibility index (Phi) is 4.49. The van der Waals surface area contributed by atoms with Gasteiger partial charge in [0.15, 0.2) is 0 Å². The van der Waals surface area contributed by atoms with Gasteiger partial charge in [0.2, 0.25) is 0 Å². The Balaban J connectivity index is 3.38. The molecule has 1 atom stereocenters. The highest BCUT2D eigenvalue weighted by Crippen LogP contribution is 2.37. The number of rotatable bonds is 4. The molecule has 0 saturated heterocycles. The fraction of sp³-hybridized carbons (Fsp3) is 0.300. The highest BCUT2D eigenvalue weighted by molar-refractivity contribution is 9.09. The van der Waals surface area contributed by atoms with Crippen molar-refractivity contribution in [1.29, 1.82) is 0 Å².